The number of sulfone groups is 1. The first-order chi connectivity index (χ1) is 11.3. The zero-order valence-corrected chi connectivity index (χ0v) is 14.6. The van der Waals surface area contributed by atoms with Gasteiger partial charge in [-0.2, -0.15) is 4.98 Å². The molecular weight excluding hydrogens is 326 g/mol. The minimum atomic E-state index is -2.92. The van der Waals surface area contributed by atoms with Crippen molar-refractivity contribution in [3.63, 3.8) is 0 Å². The molecule has 128 valence electrons. The second kappa shape index (κ2) is 5.13. The van der Waals surface area contributed by atoms with E-state index < -0.39 is 15.9 Å². The molecule has 1 saturated heterocycles. The standard InChI is InChI=1S/C17H21N3O3S/c1-10-5-11(2)7-13(6-10)17(3-4-17)16-19-15(23-20-16)14(18)12-8-24(21,22)9-12/h5-7,12,14H,3-4,8-9,18H2,1-2H3. The van der Waals surface area contributed by atoms with E-state index in [4.69, 9.17) is 10.3 Å². The summed E-state index contributed by atoms with van der Waals surface area (Å²) in [4.78, 5) is 4.53. The number of rotatable bonds is 4. The molecule has 0 bridgehead atoms. The van der Waals surface area contributed by atoms with Crippen LogP contribution in [0.15, 0.2) is 22.7 Å². The van der Waals surface area contributed by atoms with Crippen molar-refractivity contribution in [3.05, 3.63) is 46.6 Å². The molecule has 1 aromatic heterocycles. The van der Waals surface area contributed by atoms with Crippen LogP contribution in [0.4, 0.5) is 0 Å². The topological polar surface area (TPSA) is 99.1 Å². The first-order valence-electron chi connectivity index (χ1n) is 8.18. The fourth-order valence-electron chi connectivity index (χ4n) is 3.59. The van der Waals surface area contributed by atoms with Crippen LogP contribution in [0.3, 0.4) is 0 Å². The third kappa shape index (κ3) is 2.56. The normalized spacial score (nSPS) is 22.8. The summed E-state index contributed by atoms with van der Waals surface area (Å²) in [5, 5.41) is 4.17. The molecular formula is C17H21N3O3S. The Bertz CT molecular complexity index is 867. The molecule has 1 aliphatic heterocycles. The maximum atomic E-state index is 11.3. The van der Waals surface area contributed by atoms with Crippen molar-refractivity contribution < 1.29 is 12.9 Å². The molecule has 7 heteroatoms. The lowest BCUT2D eigenvalue weighted by Gasteiger charge is -2.28. The lowest BCUT2D eigenvalue weighted by molar-refractivity contribution is 0.315. The summed E-state index contributed by atoms with van der Waals surface area (Å²) in [5.74, 6) is 1.10. The average molecular weight is 347 g/mol. The van der Waals surface area contributed by atoms with Gasteiger partial charge < -0.3 is 10.3 Å². The monoisotopic (exact) mass is 347 g/mol. The molecule has 0 radical (unpaired) electrons. The number of aromatic nitrogens is 2. The molecule has 2 fully saturated rings. The van der Waals surface area contributed by atoms with E-state index in [-0.39, 0.29) is 22.8 Å². The van der Waals surface area contributed by atoms with Crippen LogP contribution in [0.2, 0.25) is 0 Å². The van der Waals surface area contributed by atoms with Gasteiger partial charge in [0.15, 0.2) is 15.7 Å². The molecule has 1 unspecified atom stereocenters. The van der Waals surface area contributed by atoms with Crippen molar-refractivity contribution in [2.24, 2.45) is 11.7 Å². The zero-order valence-electron chi connectivity index (χ0n) is 13.8. The highest BCUT2D eigenvalue weighted by atomic mass is 32.2. The highest BCUT2D eigenvalue weighted by Gasteiger charge is 2.50. The Morgan fingerprint density at radius 1 is 1.21 bits per heavy atom. The van der Waals surface area contributed by atoms with Gasteiger partial charge >= 0.3 is 0 Å². The van der Waals surface area contributed by atoms with Crippen LogP contribution in [0.1, 0.15) is 47.3 Å². The Morgan fingerprint density at radius 3 is 2.38 bits per heavy atom. The molecule has 0 amide bonds. The summed E-state index contributed by atoms with van der Waals surface area (Å²) in [6.07, 6.45) is 1.98. The molecule has 0 spiro atoms. The van der Waals surface area contributed by atoms with Crippen LogP contribution in [-0.2, 0) is 15.3 Å². The van der Waals surface area contributed by atoms with Crippen LogP contribution in [-0.4, -0.2) is 30.1 Å². The van der Waals surface area contributed by atoms with Crippen molar-refractivity contribution in [1.82, 2.24) is 10.1 Å². The Hall–Kier alpha value is -1.73. The molecule has 1 aliphatic carbocycles. The number of nitrogens with zero attached hydrogens (tertiary/aromatic N) is 2. The third-order valence-electron chi connectivity index (χ3n) is 5.12. The summed E-state index contributed by atoms with van der Waals surface area (Å²) in [7, 11) is -2.92. The summed E-state index contributed by atoms with van der Waals surface area (Å²) in [6.45, 7) is 4.17. The minimum Gasteiger partial charge on any atom is -0.338 e. The van der Waals surface area contributed by atoms with Gasteiger partial charge in [0, 0.05) is 5.92 Å². The molecule has 24 heavy (non-hydrogen) atoms. The van der Waals surface area contributed by atoms with Gasteiger partial charge in [0.25, 0.3) is 0 Å². The van der Waals surface area contributed by atoms with Crippen LogP contribution < -0.4 is 5.73 Å². The quantitative estimate of drug-likeness (QED) is 0.905. The smallest absolute Gasteiger partial charge is 0.243 e. The first kappa shape index (κ1) is 15.8. The van der Waals surface area contributed by atoms with Crippen molar-refractivity contribution in [1.29, 1.82) is 0 Å². The van der Waals surface area contributed by atoms with Crippen LogP contribution in [0.25, 0.3) is 0 Å². The average Bonchev–Trinajstić information content (AvgIpc) is 3.14. The molecule has 1 aromatic carbocycles. The summed E-state index contributed by atoms with van der Waals surface area (Å²) < 4.78 is 28.0. The van der Waals surface area contributed by atoms with Crippen LogP contribution in [0, 0.1) is 19.8 Å². The Morgan fingerprint density at radius 2 is 1.83 bits per heavy atom. The molecule has 1 saturated carbocycles. The Balaban J connectivity index is 1.60. The fourth-order valence-corrected chi connectivity index (χ4v) is 5.22. The van der Waals surface area contributed by atoms with Crippen LogP contribution in [0.5, 0.6) is 0 Å². The molecule has 1 atom stereocenters. The van der Waals surface area contributed by atoms with Gasteiger partial charge in [0.1, 0.15) is 0 Å². The maximum Gasteiger partial charge on any atom is 0.243 e. The molecule has 2 N–H and O–H groups in total. The highest BCUT2D eigenvalue weighted by molar-refractivity contribution is 7.92. The number of benzene rings is 1. The predicted molar refractivity (Wildman–Crippen MR) is 89.3 cm³/mol. The first-order valence-corrected chi connectivity index (χ1v) is 10.0. The summed E-state index contributed by atoms with van der Waals surface area (Å²) in [6, 6.07) is 5.99. The second-order valence-electron chi connectivity index (χ2n) is 7.28. The van der Waals surface area contributed by atoms with Crippen LogP contribution >= 0.6 is 0 Å². The number of nitrogens with two attached hydrogens (primary N) is 1. The lowest BCUT2D eigenvalue weighted by atomic mass is 9.92. The highest BCUT2D eigenvalue weighted by Crippen LogP contribution is 2.52. The number of aryl methyl sites for hydroxylation is 2. The Kier molecular flexibility index (Phi) is 3.37. The van der Waals surface area contributed by atoms with Crippen molar-refractivity contribution in [2.45, 2.75) is 38.1 Å². The van der Waals surface area contributed by atoms with Gasteiger partial charge in [0.05, 0.1) is 23.0 Å². The molecule has 6 nitrogen and oxygen atoms in total. The van der Waals surface area contributed by atoms with E-state index in [1.807, 2.05) is 0 Å². The van der Waals surface area contributed by atoms with Gasteiger partial charge in [0.2, 0.25) is 5.89 Å². The van der Waals surface area contributed by atoms with E-state index in [9.17, 15) is 8.42 Å². The Labute approximate surface area is 141 Å². The molecule has 2 heterocycles. The predicted octanol–water partition coefficient (Wildman–Crippen LogP) is 1.81. The number of hydrogen-bond acceptors (Lipinski definition) is 6. The van der Waals surface area contributed by atoms with Gasteiger partial charge in [-0.3, -0.25) is 0 Å². The van der Waals surface area contributed by atoms with E-state index in [0.717, 1.165) is 12.8 Å². The van der Waals surface area contributed by atoms with Crippen molar-refractivity contribution in [2.75, 3.05) is 11.5 Å². The molecule has 2 aromatic rings. The second-order valence-corrected chi connectivity index (χ2v) is 9.43. The third-order valence-corrected chi connectivity index (χ3v) is 7.00. The van der Waals surface area contributed by atoms with E-state index in [1.165, 1.54) is 16.7 Å². The fraction of sp³-hybridized carbons (Fsp3) is 0.529. The largest absolute Gasteiger partial charge is 0.338 e. The SMILES string of the molecule is Cc1cc(C)cc(C2(c3noc(C(N)C4CS(=O)(=O)C4)n3)CC2)c1. The lowest BCUT2D eigenvalue weighted by Crippen LogP contribution is -2.43. The van der Waals surface area contributed by atoms with Gasteiger partial charge in [-0.05, 0) is 32.3 Å². The van der Waals surface area contributed by atoms with E-state index >= 15 is 0 Å². The molecule has 2 aliphatic rings. The summed E-state index contributed by atoms with van der Waals surface area (Å²) in [5.41, 5.74) is 9.60. The maximum absolute atomic E-state index is 11.3. The van der Waals surface area contributed by atoms with Gasteiger partial charge in [-0.25, -0.2) is 8.42 Å². The minimum absolute atomic E-state index is 0.105. The molecule has 4 rings (SSSR count). The van der Waals surface area contributed by atoms with E-state index in [2.05, 4.69) is 42.2 Å². The van der Waals surface area contributed by atoms with Gasteiger partial charge in [-0.1, -0.05) is 34.5 Å². The van der Waals surface area contributed by atoms with E-state index in [0.29, 0.717) is 11.7 Å². The zero-order chi connectivity index (χ0) is 17.1. The van der Waals surface area contributed by atoms with Crippen molar-refractivity contribution in [3.8, 4) is 0 Å². The number of hydrogen-bond donors (Lipinski definition) is 1. The van der Waals surface area contributed by atoms with Crippen molar-refractivity contribution >= 4 is 9.84 Å². The van der Waals surface area contributed by atoms with E-state index in [1.54, 1.807) is 0 Å². The van der Waals surface area contributed by atoms with Gasteiger partial charge in [-0.15, -0.1) is 0 Å². The summed E-state index contributed by atoms with van der Waals surface area (Å²) >= 11 is 0.